The lowest BCUT2D eigenvalue weighted by atomic mass is 10.1. The summed E-state index contributed by atoms with van der Waals surface area (Å²) >= 11 is 9.87. The molecule has 2 aromatic carbocycles. The Kier molecular flexibility index (Phi) is 5.94. The van der Waals surface area contributed by atoms with Crippen molar-refractivity contribution in [3.8, 4) is 5.75 Å². The molecule has 0 spiro atoms. The van der Waals surface area contributed by atoms with Crippen molar-refractivity contribution in [2.45, 2.75) is 13.5 Å². The van der Waals surface area contributed by atoms with Gasteiger partial charge in [0.25, 0.3) is 5.91 Å². The molecule has 4 rings (SSSR count). The van der Waals surface area contributed by atoms with E-state index in [1.165, 1.54) is 0 Å². The second-order valence-electron chi connectivity index (χ2n) is 6.88. The molecule has 1 amide bonds. The van der Waals surface area contributed by atoms with Gasteiger partial charge in [0.05, 0.1) is 29.4 Å². The molecular weight excluding hydrogens is 470 g/mol. The molecule has 1 aromatic heterocycles. The topological polar surface area (TPSA) is 74.7 Å². The van der Waals surface area contributed by atoms with Crippen molar-refractivity contribution in [2.24, 2.45) is 0 Å². The molecule has 0 radical (unpaired) electrons. The van der Waals surface area contributed by atoms with Crippen LogP contribution in [-0.4, -0.2) is 29.1 Å². The Morgan fingerprint density at radius 2 is 2.17 bits per heavy atom. The van der Waals surface area contributed by atoms with Crippen LogP contribution < -0.4 is 15.0 Å². The average molecular weight is 489 g/mol. The summed E-state index contributed by atoms with van der Waals surface area (Å²) < 4.78 is 6.85. The minimum atomic E-state index is -0.259. The lowest BCUT2D eigenvalue weighted by Crippen LogP contribution is -2.31. The molecule has 0 atom stereocenters. The number of carbonyl (C=O) groups excluding carboxylic acids is 1. The first-order valence-electron chi connectivity index (χ1n) is 9.34. The summed E-state index contributed by atoms with van der Waals surface area (Å²) in [5.74, 6) is 0.781. The van der Waals surface area contributed by atoms with Crippen molar-refractivity contribution in [3.63, 3.8) is 0 Å². The van der Waals surface area contributed by atoms with E-state index in [1.54, 1.807) is 24.4 Å². The molecule has 1 aliphatic rings. The number of carbonyl (C=O) groups is 1. The summed E-state index contributed by atoms with van der Waals surface area (Å²) in [7, 11) is 0. The number of aromatic nitrogens is 1. The number of hydrogen-bond donors (Lipinski definition) is 2. The summed E-state index contributed by atoms with van der Waals surface area (Å²) in [6, 6.07) is 12.7. The molecule has 0 bridgehead atoms. The van der Waals surface area contributed by atoms with Crippen LogP contribution in [0.5, 0.6) is 5.75 Å². The number of nitrogens with zero attached hydrogens (tertiary/aromatic N) is 2. The molecule has 0 saturated heterocycles. The fourth-order valence-electron chi connectivity index (χ4n) is 3.32. The molecule has 0 aliphatic carbocycles. The molecule has 0 fully saturated rings. The van der Waals surface area contributed by atoms with Crippen molar-refractivity contribution >= 4 is 50.6 Å². The number of halogens is 2. The lowest BCUT2D eigenvalue weighted by Gasteiger charge is -2.32. The van der Waals surface area contributed by atoms with Crippen LogP contribution in [0, 0.1) is 6.92 Å². The van der Waals surface area contributed by atoms with Crippen LogP contribution >= 0.6 is 27.5 Å². The van der Waals surface area contributed by atoms with Crippen molar-refractivity contribution in [3.05, 3.63) is 74.8 Å². The first kappa shape index (κ1) is 20.7. The van der Waals surface area contributed by atoms with Crippen molar-refractivity contribution < 1.29 is 14.6 Å². The van der Waals surface area contributed by atoms with E-state index in [2.05, 4.69) is 26.2 Å². The highest BCUT2D eigenvalue weighted by Crippen LogP contribution is 2.40. The summed E-state index contributed by atoms with van der Waals surface area (Å²) in [6.07, 6.45) is 1.59. The van der Waals surface area contributed by atoms with E-state index in [0.29, 0.717) is 52.2 Å². The minimum absolute atomic E-state index is 0.132. The molecule has 1 aliphatic heterocycles. The maximum absolute atomic E-state index is 13.0. The number of benzene rings is 2. The number of aliphatic hydroxyl groups excluding tert-OH is 1. The van der Waals surface area contributed by atoms with Gasteiger partial charge in [-0.3, -0.25) is 4.79 Å². The Hall–Kier alpha value is -2.61. The maximum Gasteiger partial charge on any atom is 0.259 e. The van der Waals surface area contributed by atoms with E-state index in [9.17, 15) is 9.90 Å². The molecular formula is C22H19BrClN3O3. The van der Waals surface area contributed by atoms with Crippen LogP contribution in [0.1, 0.15) is 21.5 Å². The number of para-hydroxylation sites is 1. The van der Waals surface area contributed by atoms with Gasteiger partial charge < -0.3 is 20.1 Å². The largest absolute Gasteiger partial charge is 0.489 e. The predicted molar refractivity (Wildman–Crippen MR) is 121 cm³/mol. The first-order chi connectivity index (χ1) is 14.5. The molecule has 30 heavy (non-hydrogen) atoms. The monoisotopic (exact) mass is 487 g/mol. The van der Waals surface area contributed by atoms with E-state index >= 15 is 0 Å². The number of fused-ring (bicyclic) bond motifs is 1. The van der Waals surface area contributed by atoms with Gasteiger partial charge in [-0.1, -0.05) is 33.6 Å². The molecule has 2 heterocycles. The van der Waals surface area contributed by atoms with Crippen LogP contribution in [0.2, 0.25) is 5.02 Å². The van der Waals surface area contributed by atoms with E-state index in [0.717, 1.165) is 10.0 Å². The average Bonchev–Trinajstić information content (AvgIpc) is 2.75. The van der Waals surface area contributed by atoms with Crippen LogP contribution in [0.15, 0.2) is 53.1 Å². The Balaban J connectivity index is 1.67. The molecule has 8 heteroatoms. The number of rotatable bonds is 4. The molecule has 0 saturated carbocycles. The number of amides is 1. The molecule has 2 N–H and O–H groups in total. The Labute approximate surface area is 187 Å². The standard InChI is InChI=1S/C22H19BrClN3O3/c1-13-9-15(5-6-17(13)23)26-22(29)16-3-2-4-19-20(16)30-8-7-27(19)21-18(24)10-14(12-28)11-25-21/h2-6,9-11,28H,7-8,12H2,1H3,(H,26,29). The first-order valence-corrected chi connectivity index (χ1v) is 10.5. The van der Waals surface area contributed by atoms with E-state index in [4.69, 9.17) is 16.3 Å². The lowest BCUT2D eigenvalue weighted by molar-refractivity contribution is 0.102. The number of aryl methyl sites for hydroxylation is 1. The van der Waals surface area contributed by atoms with Gasteiger partial charge in [0.1, 0.15) is 6.61 Å². The highest BCUT2D eigenvalue weighted by atomic mass is 79.9. The number of pyridine rings is 1. The van der Waals surface area contributed by atoms with Crippen LogP contribution in [0.25, 0.3) is 0 Å². The smallest absolute Gasteiger partial charge is 0.259 e. The highest BCUT2D eigenvalue weighted by Gasteiger charge is 2.27. The number of aliphatic hydroxyl groups is 1. The normalized spacial score (nSPS) is 12.9. The number of ether oxygens (including phenoxy) is 1. The number of hydrogen-bond acceptors (Lipinski definition) is 5. The third-order valence-corrected chi connectivity index (χ3v) is 5.99. The quantitative estimate of drug-likeness (QED) is 0.536. The molecule has 0 unspecified atom stereocenters. The summed E-state index contributed by atoms with van der Waals surface area (Å²) in [4.78, 5) is 19.3. The fourth-order valence-corrected chi connectivity index (χ4v) is 3.86. The number of anilines is 3. The van der Waals surface area contributed by atoms with Crippen molar-refractivity contribution in [1.82, 2.24) is 4.98 Å². The zero-order valence-corrected chi connectivity index (χ0v) is 18.5. The zero-order valence-electron chi connectivity index (χ0n) is 16.2. The van der Waals surface area contributed by atoms with E-state index in [-0.39, 0.29) is 12.5 Å². The Morgan fingerprint density at radius 1 is 1.33 bits per heavy atom. The Morgan fingerprint density at radius 3 is 2.90 bits per heavy atom. The predicted octanol–water partition coefficient (Wildman–Crippen LogP) is 5.08. The van der Waals surface area contributed by atoms with Gasteiger partial charge in [0.2, 0.25) is 0 Å². The minimum Gasteiger partial charge on any atom is -0.489 e. The van der Waals surface area contributed by atoms with E-state index in [1.807, 2.05) is 36.1 Å². The molecule has 3 aromatic rings. The van der Waals surface area contributed by atoms with Gasteiger partial charge in [0.15, 0.2) is 11.6 Å². The number of nitrogens with one attached hydrogen (secondary N) is 1. The van der Waals surface area contributed by atoms with E-state index < -0.39 is 0 Å². The summed E-state index contributed by atoms with van der Waals surface area (Å²) in [5.41, 5.74) is 3.51. The van der Waals surface area contributed by atoms with Crippen LogP contribution in [0.4, 0.5) is 17.2 Å². The highest BCUT2D eigenvalue weighted by molar-refractivity contribution is 9.10. The summed E-state index contributed by atoms with van der Waals surface area (Å²) in [6.45, 7) is 2.75. The fraction of sp³-hybridized carbons (Fsp3) is 0.182. The van der Waals surface area contributed by atoms with Crippen molar-refractivity contribution in [2.75, 3.05) is 23.4 Å². The van der Waals surface area contributed by atoms with Crippen LogP contribution in [-0.2, 0) is 6.61 Å². The third-order valence-electron chi connectivity index (χ3n) is 4.82. The zero-order chi connectivity index (χ0) is 21.3. The van der Waals surface area contributed by atoms with Gasteiger partial charge in [-0.15, -0.1) is 0 Å². The second-order valence-corrected chi connectivity index (χ2v) is 8.14. The van der Waals surface area contributed by atoms with Gasteiger partial charge in [-0.25, -0.2) is 4.98 Å². The van der Waals surface area contributed by atoms with Gasteiger partial charge in [-0.2, -0.15) is 0 Å². The van der Waals surface area contributed by atoms with Gasteiger partial charge >= 0.3 is 0 Å². The summed E-state index contributed by atoms with van der Waals surface area (Å²) in [5, 5.41) is 12.6. The Bertz CT molecular complexity index is 1120. The third kappa shape index (κ3) is 4.01. The molecule has 6 nitrogen and oxygen atoms in total. The van der Waals surface area contributed by atoms with Gasteiger partial charge in [0, 0.05) is 16.4 Å². The van der Waals surface area contributed by atoms with Crippen LogP contribution in [0.3, 0.4) is 0 Å². The molecule has 154 valence electrons. The van der Waals surface area contributed by atoms with Crippen molar-refractivity contribution in [1.29, 1.82) is 0 Å². The SMILES string of the molecule is Cc1cc(NC(=O)c2cccc3c2OCCN3c2ncc(CO)cc2Cl)ccc1Br. The second kappa shape index (κ2) is 8.63. The van der Waals surface area contributed by atoms with Gasteiger partial charge in [-0.05, 0) is 54.4 Å². The maximum atomic E-state index is 13.0.